The van der Waals surface area contributed by atoms with E-state index in [9.17, 15) is 4.79 Å². The van der Waals surface area contributed by atoms with Gasteiger partial charge in [-0.2, -0.15) is 0 Å². The molecule has 1 aromatic heterocycles. The van der Waals surface area contributed by atoms with Gasteiger partial charge in [0.1, 0.15) is 5.76 Å². The topological polar surface area (TPSA) is 81.2 Å². The van der Waals surface area contributed by atoms with Crippen molar-refractivity contribution < 1.29 is 9.32 Å². The summed E-state index contributed by atoms with van der Waals surface area (Å²) in [6.45, 7) is 3.99. The zero-order valence-corrected chi connectivity index (χ0v) is 15.1. The highest BCUT2D eigenvalue weighted by molar-refractivity contribution is 5.85. The molecule has 1 heterocycles. The fourth-order valence-corrected chi connectivity index (χ4v) is 2.86. The van der Waals surface area contributed by atoms with Crippen LogP contribution in [0.3, 0.4) is 0 Å². The molecule has 0 aliphatic heterocycles. The summed E-state index contributed by atoms with van der Waals surface area (Å²) in [4.78, 5) is 12.4. The number of hydrogen-bond acceptors (Lipinski definition) is 4. The molecule has 1 atom stereocenters. The molecule has 0 radical (unpaired) electrons. The van der Waals surface area contributed by atoms with Crippen LogP contribution in [0.5, 0.6) is 0 Å². The molecule has 5 nitrogen and oxygen atoms in total. The first-order chi connectivity index (χ1) is 11.6. The van der Waals surface area contributed by atoms with Gasteiger partial charge >= 0.3 is 0 Å². The van der Waals surface area contributed by atoms with Crippen LogP contribution >= 0.6 is 12.4 Å². The molecule has 0 fully saturated rings. The quantitative estimate of drug-likeness (QED) is 0.732. The maximum Gasteiger partial charge on any atom is 0.225 e. The Kier molecular flexibility index (Phi) is 6.17. The normalized spacial score (nSPS) is 11.8. The van der Waals surface area contributed by atoms with E-state index in [-0.39, 0.29) is 30.8 Å². The number of rotatable bonds is 5. The minimum atomic E-state index is -0.220. The summed E-state index contributed by atoms with van der Waals surface area (Å²) in [6.07, 6.45) is 0.241. The van der Waals surface area contributed by atoms with E-state index >= 15 is 0 Å². The zero-order valence-electron chi connectivity index (χ0n) is 14.3. The number of halogens is 1. The third kappa shape index (κ3) is 4.18. The van der Waals surface area contributed by atoms with Crippen LogP contribution in [-0.4, -0.2) is 17.6 Å². The van der Waals surface area contributed by atoms with E-state index < -0.39 is 0 Å². The number of nitrogens with one attached hydrogen (secondary N) is 1. The molecule has 0 saturated carbocycles. The zero-order chi connectivity index (χ0) is 17.1. The van der Waals surface area contributed by atoms with Crippen molar-refractivity contribution >= 4 is 29.1 Å². The van der Waals surface area contributed by atoms with Crippen LogP contribution in [0.15, 0.2) is 47.0 Å². The largest absolute Gasteiger partial charge is 0.361 e. The molecule has 1 unspecified atom stereocenters. The third-order valence-corrected chi connectivity index (χ3v) is 4.27. The van der Waals surface area contributed by atoms with Gasteiger partial charge in [0, 0.05) is 12.1 Å². The van der Waals surface area contributed by atoms with Gasteiger partial charge in [0.2, 0.25) is 5.91 Å². The van der Waals surface area contributed by atoms with Gasteiger partial charge in [-0.1, -0.05) is 41.6 Å². The van der Waals surface area contributed by atoms with Crippen molar-refractivity contribution in [3.63, 3.8) is 0 Å². The highest BCUT2D eigenvalue weighted by Gasteiger charge is 2.17. The van der Waals surface area contributed by atoms with E-state index in [1.807, 2.05) is 38.1 Å². The van der Waals surface area contributed by atoms with E-state index in [1.54, 1.807) is 0 Å². The molecule has 132 valence electrons. The summed E-state index contributed by atoms with van der Waals surface area (Å²) >= 11 is 0. The number of aromatic nitrogens is 1. The maximum absolute atomic E-state index is 12.4. The van der Waals surface area contributed by atoms with Crippen molar-refractivity contribution in [2.24, 2.45) is 5.73 Å². The summed E-state index contributed by atoms with van der Waals surface area (Å²) in [5.74, 6) is 0.589. The first-order valence-corrected chi connectivity index (χ1v) is 7.98. The molecule has 6 heteroatoms. The molecular weight excluding hydrogens is 338 g/mol. The third-order valence-electron chi connectivity index (χ3n) is 4.27. The maximum atomic E-state index is 12.4. The first kappa shape index (κ1) is 19.0. The Hall–Kier alpha value is -2.37. The molecule has 1 amide bonds. The average molecular weight is 360 g/mol. The van der Waals surface area contributed by atoms with Crippen LogP contribution in [0.1, 0.15) is 28.6 Å². The van der Waals surface area contributed by atoms with E-state index in [4.69, 9.17) is 10.3 Å². The molecule has 3 N–H and O–H groups in total. The van der Waals surface area contributed by atoms with Crippen molar-refractivity contribution in [1.29, 1.82) is 0 Å². The standard InChI is InChI=1S/C19H21N3O2.ClH/c1-12-17(13(2)24-22-12)10-19(23)21-18(11-20)16-8-7-14-5-3-4-6-15(14)9-16;/h3-9,18H,10-11,20H2,1-2H3,(H,21,23);1H. The Morgan fingerprint density at radius 2 is 1.92 bits per heavy atom. The number of benzene rings is 2. The van der Waals surface area contributed by atoms with Crippen LogP contribution in [0.25, 0.3) is 10.8 Å². The van der Waals surface area contributed by atoms with Gasteiger partial charge in [0.05, 0.1) is 18.2 Å². The SMILES string of the molecule is Cc1noc(C)c1CC(=O)NC(CN)c1ccc2ccccc2c1.Cl. The van der Waals surface area contributed by atoms with Crippen LogP contribution in [-0.2, 0) is 11.2 Å². The van der Waals surface area contributed by atoms with Crippen molar-refractivity contribution in [1.82, 2.24) is 10.5 Å². The molecule has 0 spiro atoms. The van der Waals surface area contributed by atoms with Gasteiger partial charge in [0.15, 0.2) is 0 Å². The number of aryl methyl sites for hydroxylation is 2. The highest BCUT2D eigenvalue weighted by Crippen LogP contribution is 2.20. The van der Waals surface area contributed by atoms with Crippen LogP contribution in [0.4, 0.5) is 0 Å². The van der Waals surface area contributed by atoms with Gasteiger partial charge in [-0.25, -0.2) is 0 Å². The molecule has 25 heavy (non-hydrogen) atoms. The highest BCUT2D eigenvalue weighted by atomic mass is 35.5. The minimum absolute atomic E-state index is 0. The molecular formula is C19H22ClN3O2. The molecule has 3 aromatic rings. The number of nitrogens with zero attached hydrogens (tertiary/aromatic N) is 1. The number of carbonyl (C=O) groups excluding carboxylic acids is 1. The molecule has 0 aliphatic rings. The Balaban J connectivity index is 0.00000225. The second kappa shape index (κ2) is 8.14. The second-order valence-electron chi connectivity index (χ2n) is 5.94. The van der Waals surface area contributed by atoms with E-state index in [2.05, 4.69) is 28.7 Å². The predicted molar refractivity (Wildman–Crippen MR) is 101 cm³/mol. The summed E-state index contributed by atoms with van der Waals surface area (Å²) in [5, 5.41) is 9.19. The lowest BCUT2D eigenvalue weighted by Crippen LogP contribution is -2.34. The van der Waals surface area contributed by atoms with E-state index in [1.165, 1.54) is 5.39 Å². The lowest BCUT2D eigenvalue weighted by Gasteiger charge is -2.18. The monoisotopic (exact) mass is 359 g/mol. The van der Waals surface area contributed by atoms with Gasteiger partial charge in [-0.05, 0) is 36.2 Å². The predicted octanol–water partition coefficient (Wildman–Crippen LogP) is 3.23. The fourth-order valence-electron chi connectivity index (χ4n) is 2.86. The number of fused-ring (bicyclic) bond motifs is 1. The number of hydrogen-bond donors (Lipinski definition) is 2. The lowest BCUT2D eigenvalue weighted by molar-refractivity contribution is -0.121. The Bertz CT molecular complexity index is 856. The van der Waals surface area contributed by atoms with Crippen LogP contribution < -0.4 is 11.1 Å². The van der Waals surface area contributed by atoms with Crippen LogP contribution in [0.2, 0.25) is 0 Å². The van der Waals surface area contributed by atoms with Crippen molar-refractivity contribution in [2.45, 2.75) is 26.3 Å². The van der Waals surface area contributed by atoms with Gasteiger partial charge < -0.3 is 15.6 Å². The van der Waals surface area contributed by atoms with Crippen molar-refractivity contribution in [3.8, 4) is 0 Å². The second-order valence-corrected chi connectivity index (χ2v) is 5.94. The Labute approximate surface area is 153 Å². The molecule has 0 aliphatic carbocycles. The van der Waals surface area contributed by atoms with Crippen molar-refractivity contribution in [2.75, 3.05) is 6.54 Å². The first-order valence-electron chi connectivity index (χ1n) is 7.98. The van der Waals surface area contributed by atoms with Crippen LogP contribution in [0, 0.1) is 13.8 Å². The number of nitrogens with two attached hydrogens (primary N) is 1. The number of amides is 1. The van der Waals surface area contributed by atoms with Gasteiger partial charge in [0.25, 0.3) is 0 Å². The fraction of sp³-hybridized carbons (Fsp3) is 0.263. The minimum Gasteiger partial charge on any atom is -0.361 e. The summed E-state index contributed by atoms with van der Waals surface area (Å²) in [7, 11) is 0. The lowest BCUT2D eigenvalue weighted by atomic mass is 10.0. The van der Waals surface area contributed by atoms with E-state index in [0.717, 1.165) is 22.2 Å². The molecule has 0 saturated heterocycles. The summed E-state index contributed by atoms with van der Waals surface area (Å²) in [5.41, 5.74) is 8.47. The molecule has 3 rings (SSSR count). The number of carbonyl (C=O) groups is 1. The Morgan fingerprint density at radius 1 is 1.20 bits per heavy atom. The molecule has 0 bridgehead atoms. The van der Waals surface area contributed by atoms with Gasteiger partial charge in [-0.3, -0.25) is 4.79 Å². The summed E-state index contributed by atoms with van der Waals surface area (Å²) in [6, 6.07) is 14.0. The average Bonchev–Trinajstić information content (AvgIpc) is 2.91. The summed E-state index contributed by atoms with van der Waals surface area (Å²) < 4.78 is 5.11. The Morgan fingerprint density at radius 3 is 2.56 bits per heavy atom. The van der Waals surface area contributed by atoms with Crippen molar-refractivity contribution in [3.05, 3.63) is 65.0 Å². The molecule has 2 aromatic carbocycles. The smallest absolute Gasteiger partial charge is 0.225 e. The van der Waals surface area contributed by atoms with Gasteiger partial charge in [-0.15, -0.1) is 12.4 Å². The van der Waals surface area contributed by atoms with E-state index in [0.29, 0.717) is 12.3 Å².